The van der Waals surface area contributed by atoms with E-state index in [0.29, 0.717) is 48.6 Å². The number of aliphatic hydroxyl groups is 1. The van der Waals surface area contributed by atoms with Crippen LogP contribution in [0.3, 0.4) is 0 Å². The van der Waals surface area contributed by atoms with Crippen LogP contribution in [0, 0.1) is 0 Å². The monoisotopic (exact) mass is 496 g/mol. The number of hydrogen-bond acceptors (Lipinski definition) is 8. The Bertz CT molecular complexity index is 1280. The van der Waals surface area contributed by atoms with E-state index in [0.717, 1.165) is 12.8 Å². The number of rotatable bonds is 8. The zero-order valence-electron chi connectivity index (χ0n) is 19.1. The van der Waals surface area contributed by atoms with Crippen molar-refractivity contribution in [2.24, 2.45) is 0 Å². The van der Waals surface area contributed by atoms with Gasteiger partial charge in [-0.2, -0.15) is 0 Å². The number of nitrogens with zero attached hydrogens (tertiary/aromatic N) is 3. The highest BCUT2D eigenvalue weighted by molar-refractivity contribution is 7.92. The van der Waals surface area contributed by atoms with Gasteiger partial charge in [0.05, 0.1) is 5.69 Å². The molecule has 0 unspecified atom stereocenters. The minimum absolute atomic E-state index is 0.00161. The Morgan fingerprint density at radius 3 is 2.49 bits per heavy atom. The molecule has 1 saturated carbocycles. The number of benzene rings is 1. The van der Waals surface area contributed by atoms with Crippen LogP contribution in [0.1, 0.15) is 37.8 Å². The highest BCUT2D eigenvalue weighted by Crippen LogP contribution is 2.47. The standard InChI is InChI=1S/C24H28N6O4S/c25-20-16-19(24(11-2-3-12-24)35(33,34)21-6-1-4-13-26-21)29-22(30-20)17-7-9-18(10-8-17)28-23(32)27-14-5-15-31/h1,4,6-10,13,16,31H,2-3,5,11-12,14-15H2,(H2,25,29,30)(H2,27,28,32). The third-order valence-corrected chi connectivity index (χ3v) is 8.51. The number of aromatic nitrogens is 3. The summed E-state index contributed by atoms with van der Waals surface area (Å²) in [4.78, 5) is 25.0. The number of carbonyl (C=O) groups excluding carboxylic acids is 1. The van der Waals surface area contributed by atoms with Crippen molar-refractivity contribution in [3.8, 4) is 11.4 Å². The quantitative estimate of drug-likeness (QED) is 0.346. The van der Waals surface area contributed by atoms with Crippen LogP contribution in [0.4, 0.5) is 16.3 Å². The molecule has 1 fully saturated rings. The Hall–Kier alpha value is -3.57. The number of sulfone groups is 1. The third-order valence-electron chi connectivity index (χ3n) is 6.07. The topological polar surface area (TPSA) is 160 Å². The molecule has 3 aromatic rings. The molecule has 1 aliphatic rings. The molecular weight excluding hydrogens is 468 g/mol. The van der Waals surface area contributed by atoms with Gasteiger partial charge in [0.25, 0.3) is 0 Å². The molecule has 35 heavy (non-hydrogen) atoms. The molecule has 0 radical (unpaired) electrons. The van der Waals surface area contributed by atoms with Gasteiger partial charge in [-0.15, -0.1) is 0 Å². The van der Waals surface area contributed by atoms with Crippen LogP contribution < -0.4 is 16.4 Å². The van der Waals surface area contributed by atoms with Crippen molar-refractivity contribution in [1.29, 1.82) is 0 Å². The maximum atomic E-state index is 13.7. The first kappa shape index (κ1) is 24.6. The number of carbonyl (C=O) groups is 1. The number of hydrogen-bond donors (Lipinski definition) is 4. The third kappa shape index (κ3) is 5.10. The molecule has 0 spiro atoms. The van der Waals surface area contributed by atoms with Crippen LogP contribution in [-0.2, 0) is 14.6 Å². The summed E-state index contributed by atoms with van der Waals surface area (Å²) in [5.74, 6) is 0.486. The van der Waals surface area contributed by atoms with Crippen molar-refractivity contribution >= 4 is 27.4 Å². The molecule has 2 heterocycles. The van der Waals surface area contributed by atoms with E-state index in [9.17, 15) is 13.2 Å². The fourth-order valence-corrected chi connectivity index (χ4v) is 6.37. The molecule has 4 rings (SSSR count). The van der Waals surface area contributed by atoms with Crippen molar-refractivity contribution in [1.82, 2.24) is 20.3 Å². The van der Waals surface area contributed by atoms with E-state index in [-0.39, 0.29) is 23.5 Å². The predicted octanol–water partition coefficient (Wildman–Crippen LogP) is 2.87. The van der Waals surface area contributed by atoms with E-state index >= 15 is 0 Å². The molecule has 2 aromatic heterocycles. The van der Waals surface area contributed by atoms with Gasteiger partial charge < -0.3 is 21.5 Å². The first-order chi connectivity index (χ1) is 16.9. The van der Waals surface area contributed by atoms with Gasteiger partial charge in [-0.3, -0.25) is 0 Å². The summed E-state index contributed by atoms with van der Waals surface area (Å²) in [7, 11) is -3.83. The Morgan fingerprint density at radius 1 is 1.09 bits per heavy atom. The van der Waals surface area contributed by atoms with Crippen LogP contribution in [0.5, 0.6) is 0 Å². The summed E-state index contributed by atoms with van der Waals surface area (Å²) in [5, 5.41) is 14.2. The number of pyridine rings is 1. The summed E-state index contributed by atoms with van der Waals surface area (Å²) in [5.41, 5.74) is 7.68. The Balaban J connectivity index is 1.64. The van der Waals surface area contributed by atoms with Crippen LogP contribution in [0.2, 0.25) is 0 Å². The average molecular weight is 497 g/mol. The lowest BCUT2D eigenvalue weighted by Crippen LogP contribution is -2.35. The highest BCUT2D eigenvalue weighted by Gasteiger charge is 2.50. The van der Waals surface area contributed by atoms with Gasteiger partial charge in [-0.1, -0.05) is 18.9 Å². The van der Waals surface area contributed by atoms with Gasteiger partial charge in [0, 0.05) is 36.7 Å². The number of urea groups is 1. The van der Waals surface area contributed by atoms with Crippen LogP contribution in [-0.4, -0.2) is 47.7 Å². The van der Waals surface area contributed by atoms with Gasteiger partial charge in [0.1, 0.15) is 10.6 Å². The number of aliphatic hydroxyl groups excluding tert-OH is 1. The van der Waals surface area contributed by atoms with Gasteiger partial charge in [-0.25, -0.2) is 28.2 Å². The van der Waals surface area contributed by atoms with Crippen LogP contribution in [0.15, 0.2) is 59.8 Å². The van der Waals surface area contributed by atoms with Crippen molar-refractivity contribution in [3.63, 3.8) is 0 Å². The van der Waals surface area contributed by atoms with Crippen molar-refractivity contribution in [2.75, 3.05) is 24.2 Å². The molecule has 5 N–H and O–H groups in total. The summed E-state index contributed by atoms with van der Waals surface area (Å²) in [6.45, 7) is 0.366. The fraction of sp³-hybridized carbons (Fsp3) is 0.333. The molecule has 0 atom stereocenters. The molecule has 1 aromatic carbocycles. The number of amides is 2. The van der Waals surface area contributed by atoms with Crippen molar-refractivity contribution in [3.05, 3.63) is 60.4 Å². The SMILES string of the molecule is Nc1cc(C2(S(=O)(=O)c3ccccn3)CCCC2)nc(-c2ccc(NC(=O)NCCCO)cc2)n1. The van der Waals surface area contributed by atoms with E-state index in [4.69, 9.17) is 10.8 Å². The van der Waals surface area contributed by atoms with E-state index in [1.54, 1.807) is 42.5 Å². The fourth-order valence-electron chi connectivity index (χ4n) is 4.30. The van der Waals surface area contributed by atoms with Gasteiger partial charge in [0.15, 0.2) is 10.9 Å². The lowest BCUT2D eigenvalue weighted by atomic mass is 10.0. The average Bonchev–Trinajstić information content (AvgIpc) is 3.37. The Labute approximate surface area is 204 Å². The molecule has 2 amide bonds. The first-order valence-electron chi connectivity index (χ1n) is 11.4. The van der Waals surface area contributed by atoms with E-state index < -0.39 is 14.6 Å². The maximum absolute atomic E-state index is 13.7. The molecule has 184 valence electrons. The summed E-state index contributed by atoms with van der Waals surface area (Å²) >= 11 is 0. The smallest absolute Gasteiger partial charge is 0.319 e. The summed E-state index contributed by atoms with van der Waals surface area (Å²) in [6.07, 6.45) is 4.31. The zero-order chi connectivity index (χ0) is 24.9. The van der Waals surface area contributed by atoms with Crippen molar-refractivity contribution in [2.45, 2.75) is 41.9 Å². The zero-order valence-corrected chi connectivity index (χ0v) is 20.0. The molecule has 10 nitrogen and oxygen atoms in total. The second-order valence-corrected chi connectivity index (χ2v) is 10.6. The maximum Gasteiger partial charge on any atom is 0.319 e. The summed E-state index contributed by atoms with van der Waals surface area (Å²) in [6, 6.07) is 12.9. The number of nitrogen functional groups attached to an aromatic ring is 1. The minimum Gasteiger partial charge on any atom is -0.396 e. The Kier molecular flexibility index (Phi) is 7.27. The molecule has 1 aliphatic carbocycles. The van der Waals surface area contributed by atoms with E-state index in [2.05, 4.69) is 25.6 Å². The largest absolute Gasteiger partial charge is 0.396 e. The molecular formula is C24H28N6O4S. The first-order valence-corrected chi connectivity index (χ1v) is 12.9. The van der Waals surface area contributed by atoms with Gasteiger partial charge in [0.2, 0.25) is 9.84 Å². The number of nitrogens with one attached hydrogen (secondary N) is 2. The molecule has 0 bridgehead atoms. The molecule has 11 heteroatoms. The van der Waals surface area contributed by atoms with E-state index in [1.165, 1.54) is 12.3 Å². The lowest BCUT2D eigenvalue weighted by Gasteiger charge is -2.28. The van der Waals surface area contributed by atoms with Crippen LogP contribution >= 0.6 is 0 Å². The van der Waals surface area contributed by atoms with Crippen molar-refractivity contribution < 1.29 is 18.3 Å². The Morgan fingerprint density at radius 2 is 1.83 bits per heavy atom. The minimum atomic E-state index is -3.83. The van der Waals surface area contributed by atoms with Gasteiger partial charge >= 0.3 is 6.03 Å². The van der Waals surface area contributed by atoms with Gasteiger partial charge in [-0.05, 0) is 55.7 Å². The highest BCUT2D eigenvalue weighted by atomic mass is 32.2. The second-order valence-electron chi connectivity index (χ2n) is 8.41. The predicted molar refractivity (Wildman–Crippen MR) is 132 cm³/mol. The van der Waals surface area contributed by atoms with E-state index in [1.807, 2.05) is 0 Å². The molecule has 0 saturated heterocycles. The summed E-state index contributed by atoms with van der Waals surface area (Å²) < 4.78 is 26.2. The van der Waals surface area contributed by atoms with Crippen LogP contribution in [0.25, 0.3) is 11.4 Å². The number of nitrogens with two attached hydrogens (primary N) is 1. The normalized spacial score (nSPS) is 15.0. The number of anilines is 2. The second kappa shape index (κ2) is 10.4. The molecule has 0 aliphatic heterocycles. The lowest BCUT2D eigenvalue weighted by molar-refractivity contribution is 0.249.